The average Bonchev–Trinajstić information content (AvgIpc) is 1.26. The lowest BCUT2D eigenvalue weighted by Gasteiger charge is -2.45. The molecule has 0 bridgehead atoms. The standard InChI is InChI=1S/C87H75BN2/c1-83(2,3)61-46-62(84(4,5)6)49-65(48-61)89-77-42-58-38-54-26-15-13-24-52(54)36-56(58)40-75(77)88-76-41-57-37-53-25-14-16-27-55(53)39-59(57)43-78(76)90(66-50-63(85(7,8)9)47-64(51-66)86(10,11)12)80-45-60(44-79(89)82(80)88)67-31-23-35-74-81(67)70-30-19-22-34-73(70)87(74)71-32-20-17-28-68(71)69-29-18-21-33-72(69)87/h13-51H,1-12H3. The van der Waals surface area contributed by atoms with Gasteiger partial charge in [-0.3, -0.25) is 0 Å². The molecule has 0 aromatic heterocycles. The van der Waals surface area contributed by atoms with E-state index in [4.69, 9.17) is 0 Å². The maximum Gasteiger partial charge on any atom is 0.252 e. The minimum atomic E-state index is -0.497. The van der Waals surface area contributed by atoms with Crippen LogP contribution in [0.15, 0.2) is 237 Å². The summed E-state index contributed by atoms with van der Waals surface area (Å²) >= 11 is 0. The van der Waals surface area contributed by atoms with Gasteiger partial charge in [0.15, 0.2) is 0 Å². The topological polar surface area (TPSA) is 6.48 Å². The highest BCUT2D eigenvalue weighted by Gasteiger charge is 2.53. The van der Waals surface area contributed by atoms with Crippen molar-refractivity contribution in [3.8, 4) is 33.4 Å². The molecule has 0 fully saturated rings. The van der Waals surface area contributed by atoms with Crippen LogP contribution in [0.25, 0.3) is 76.5 Å². The van der Waals surface area contributed by atoms with E-state index >= 15 is 0 Å². The number of rotatable bonds is 3. The van der Waals surface area contributed by atoms with Crippen molar-refractivity contribution in [3.05, 3.63) is 281 Å². The third-order valence-corrected chi connectivity index (χ3v) is 20.9. The van der Waals surface area contributed by atoms with Gasteiger partial charge in [0.1, 0.15) is 0 Å². The summed E-state index contributed by atoms with van der Waals surface area (Å²) in [5.41, 5.74) is 28.5. The SMILES string of the molecule is CC(C)(C)c1cc(N2c3cc4cc5ccccc5cc4cc3B3c4cc5cc6ccccc6cc5cc4N(c4cc(C(C)(C)C)cc(C(C)(C)C)c4)c4cc(-c5cccc6c5-c5ccccc5C65c6ccccc6-c6ccccc65)cc2c43)cc(C(C)(C)C)c1. The largest absolute Gasteiger partial charge is 0.311 e. The van der Waals surface area contributed by atoms with Crippen molar-refractivity contribution in [2.75, 3.05) is 9.80 Å². The highest BCUT2D eigenvalue weighted by atomic mass is 15.2. The third-order valence-electron chi connectivity index (χ3n) is 20.9. The summed E-state index contributed by atoms with van der Waals surface area (Å²) in [7, 11) is 0. The summed E-state index contributed by atoms with van der Waals surface area (Å²) in [5.74, 6) is 0. The van der Waals surface area contributed by atoms with Crippen LogP contribution in [0, 0.1) is 0 Å². The number of hydrogen-bond donors (Lipinski definition) is 0. The van der Waals surface area contributed by atoms with Crippen molar-refractivity contribution < 1.29 is 0 Å². The van der Waals surface area contributed by atoms with Crippen molar-refractivity contribution in [3.63, 3.8) is 0 Å². The fourth-order valence-corrected chi connectivity index (χ4v) is 16.2. The lowest BCUT2D eigenvalue weighted by atomic mass is 9.33. The van der Waals surface area contributed by atoms with Gasteiger partial charge in [0, 0.05) is 34.1 Å². The molecule has 0 radical (unpaired) electrons. The van der Waals surface area contributed by atoms with E-state index in [-0.39, 0.29) is 28.4 Å². The Hall–Kier alpha value is -9.44. The second kappa shape index (κ2) is 18.8. The Morgan fingerprint density at radius 1 is 0.278 bits per heavy atom. The molecule has 2 aliphatic heterocycles. The van der Waals surface area contributed by atoms with Gasteiger partial charge in [0.05, 0.1) is 5.41 Å². The first-order valence-electron chi connectivity index (χ1n) is 32.6. The third kappa shape index (κ3) is 7.97. The Bertz CT molecular complexity index is 4920. The predicted octanol–water partition coefficient (Wildman–Crippen LogP) is 21.6. The first kappa shape index (κ1) is 54.7. The normalized spacial score (nSPS) is 14.5. The molecule has 0 amide bonds. The number of nitrogens with zero attached hydrogens (tertiary/aromatic N) is 2. The Kier molecular flexibility index (Phi) is 11.4. The van der Waals surface area contributed by atoms with Crippen molar-refractivity contribution in [1.82, 2.24) is 0 Å². The van der Waals surface area contributed by atoms with Crippen LogP contribution in [0.5, 0.6) is 0 Å². The molecular formula is C87H75BN2. The predicted molar refractivity (Wildman–Crippen MR) is 387 cm³/mol. The molecule has 2 aliphatic carbocycles. The Balaban J connectivity index is 1.05. The average molecular weight is 1160 g/mol. The van der Waals surface area contributed by atoms with Crippen LogP contribution in [0.4, 0.5) is 34.1 Å². The Labute approximate surface area is 531 Å². The molecule has 0 saturated heterocycles. The molecule has 1 spiro atoms. The summed E-state index contributed by atoms with van der Waals surface area (Å²) in [5, 5.41) is 9.96. The molecule has 2 nitrogen and oxygen atoms in total. The molecule has 90 heavy (non-hydrogen) atoms. The highest BCUT2D eigenvalue weighted by molar-refractivity contribution is 7.00. The quantitative estimate of drug-likeness (QED) is 0.128. The summed E-state index contributed by atoms with van der Waals surface area (Å²) in [6.07, 6.45) is 0. The zero-order valence-corrected chi connectivity index (χ0v) is 54.0. The molecule has 13 aromatic rings. The van der Waals surface area contributed by atoms with E-state index in [9.17, 15) is 0 Å². The van der Waals surface area contributed by atoms with Gasteiger partial charge < -0.3 is 9.80 Å². The van der Waals surface area contributed by atoms with Crippen molar-refractivity contribution in [2.45, 2.75) is 110 Å². The van der Waals surface area contributed by atoms with Crippen LogP contribution < -0.4 is 26.2 Å². The molecule has 17 rings (SSSR count). The van der Waals surface area contributed by atoms with E-state index in [0.29, 0.717) is 0 Å². The minimum absolute atomic E-state index is 0.129. The summed E-state index contributed by atoms with van der Waals surface area (Å²) < 4.78 is 0. The second-order valence-corrected chi connectivity index (χ2v) is 30.6. The van der Waals surface area contributed by atoms with Crippen molar-refractivity contribution >= 4 is 100 Å². The van der Waals surface area contributed by atoms with Crippen LogP contribution in [-0.4, -0.2) is 6.71 Å². The van der Waals surface area contributed by atoms with Crippen LogP contribution in [0.3, 0.4) is 0 Å². The lowest BCUT2D eigenvalue weighted by Crippen LogP contribution is -2.61. The molecule has 0 N–H and O–H groups in total. The van der Waals surface area contributed by atoms with Gasteiger partial charge in [-0.25, -0.2) is 0 Å². The molecule has 2 heterocycles. The number of hydrogen-bond acceptors (Lipinski definition) is 2. The van der Waals surface area contributed by atoms with E-state index < -0.39 is 5.41 Å². The van der Waals surface area contributed by atoms with E-state index in [1.54, 1.807) is 0 Å². The molecule has 13 aromatic carbocycles. The monoisotopic (exact) mass is 1160 g/mol. The molecule has 436 valence electrons. The van der Waals surface area contributed by atoms with Crippen LogP contribution in [-0.2, 0) is 27.1 Å². The lowest BCUT2D eigenvalue weighted by molar-refractivity contribution is 0.568. The van der Waals surface area contributed by atoms with E-state index in [1.165, 1.54) is 171 Å². The van der Waals surface area contributed by atoms with E-state index in [0.717, 1.165) is 0 Å². The maximum absolute atomic E-state index is 2.71. The second-order valence-electron chi connectivity index (χ2n) is 30.6. The fraction of sp³-hybridized carbons (Fsp3) is 0.195. The molecule has 0 atom stereocenters. The molecule has 3 heteroatoms. The minimum Gasteiger partial charge on any atom is -0.311 e. The van der Waals surface area contributed by atoms with Gasteiger partial charge >= 0.3 is 0 Å². The van der Waals surface area contributed by atoms with E-state index in [1.807, 2.05) is 0 Å². The summed E-state index contributed by atoms with van der Waals surface area (Å²) in [6.45, 7) is 28.4. The number of fused-ring (bicyclic) bond motifs is 18. The smallest absolute Gasteiger partial charge is 0.252 e. The van der Waals surface area contributed by atoms with Gasteiger partial charge in [0.2, 0.25) is 0 Å². The van der Waals surface area contributed by atoms with Gasteiger partial charge in [0.25, 0.3) is 6.71 Å². The van der Waals surface area contributed by atoms with Gasteiger partial charge in [-0.2, -0.15) is 0 Å². The van der Waals surface area contributed by atoms with Gasteiger partial charge in [-0.05, 0) is 232 Å². The molecule has 0 saturated carbocycles. The molecule has 0 unspecified atom stereocenters. The zero-order valence-electron chi connectivity index (χ0n) is 54.0. The first-order valence-corrected chi connectivity index (χ1v) is 32.6. The highest BCUT2D eigenvalue weighted by Crippen LogP contribution is 2.64. The van der Waals surface area contributed by atoms with E-state index in [2.05, 4.69) is 329 Å². The van der Waals surface area contributed by atoms with Gasteiger partial charge in [-0.1, -0.05) is 247 Å². The first-order chi connectivity index (χ1) is 43.1. The Morgan fingerprint density at radius 2 is 0.611 bits per heavy atom. The summed E-state index contributed by atoms with van der Waals surface area (Å²) in [6, 6.07) is 93.0. The van der Waals surface area contributed by atoms with Crippen molar-refractivity contribution in [2.24, 2.45) is 0 Å². The van der Waals surface area contributed by atoms with Crippen LogP contribution >= 0.6 is 0 Å². The molecule has 4 aliphatic rings. The zero-order chi connectivity index (χ0) is 61.7. The fourth-order valence-electron chi connectivity index (χ4n) is 16.2. The van der Waals surface area contributed by atoms with Gasteiger partial charge in [-0.15, -0.1) is 0 Å². The number of anilines is 6. The summed E-state index contributed by atoms with van der Waals surface area (Å²) in [4.78, 5) is 5.42. The molecular weight excluding hydrogens is 1080 g/mol. The van der Waals surface area contributed by atoms with Crippen LogP contribution in [0.1, 0.15) is 128 Å². The maximum atomic E-state index is 2.71. The van der Waals surface area contributed by atoms with Crippen molar-refractivity contribution in [1.29, 1.82) is 0 Å². The Morgan fingerprint density at radius 3 is 1.01 bits per heavy atom. The number of benzene rings is 13. The van der Waals surface area contributed by atoms with Crippen LogP contribution in [0.2, 0.25) is 0 Å².